The van der Waals surface area contributed by atoms with Crippen molar-refractivity contribution in [3.8, 4) is 0 Å². The molecule has 1 aromatic rings. The summed E-state index contributed by atoms with van der Waals surface area (Å²) in [7, 11) is 0. The molecular weight excluding hydrogens is 216 g/mol. The van der Waals surface area contributed by atoms with Crippen LogP contribution in [-0.2, 0) is 11.3 Å². The molecule has 0 fully saturated rings. The van der Waals surface area contributed by atoms with Crippen LogP contribution in [0.3, 0.4) is 0 Å². The Kier molecular flexibility index (Phi) is 5.56. The average molecular weight is 236 g/mol. The molecule has 1 rings (SSSR count). The van der Waals surface area contributed by atoms with Crippen molar-refractivity contribution in [2.75, 3.05) is 6.54 Å². The van der Waals surface area contributed by atoms with E-state index in [1.54, 1.807) is 12.4 Å². The van der Waals surface area contributed by atoms with Gasteiger partial charge < -0.3 is 10.6 Å². The number of aryl methyl sites for hydroxylation is 1. The summed E-state index contributed by atoms with van der Waals surface area (Å²) in [5, 5.41) is 5.95. The first-order chi connectivity index (χ1) is 8.13. The molecule has 5 nitrogen and oxygen atoms in total. The van der Waals surface area contributed by atoms with Crippen LogP contribution in [0.25, 0.3) is 0 Å². The van der Waals surface area contributed by atoms with Gasteiger partial charge in [-0.2, -0.15) is 0 Å². The Morgan fingerprint density at radius 3 is 2.76 bits per heavy atom. The molecule has 0 spiro atoms. The molecule has 0 radical (unpaired) electrons. The lowest BCUT2D eigenvalue weighted by Gasteiger charge is -2.13. The molecule has 1 amide bonds. The zero-order valence-electron chi connectivity index (χ0n) is 10.7. The number of rotatable bonds is 6. The molecule has 2 N–H and O–H groups in total. The van der Waals surface area contributed by atoms with Crippen molar-refractivity contribution in [2.45, 2.75) is 39.8 Å². The summed E-state index contributed by atoms with van der Waals surface area (Å²) in [6.07, 6.45) is 4.39. The summed E-state index contributed by atoms with van der Waals surface area (Å²) >= 11 is 0. The van der Waals surface area contributed by atoms with Gasteiger partial charge in [-0.15, -0.1) is 0 Å². The van der Waals surface area contributed by atoms with E-state index < -0.39 is 0 Å². The van der Waals surface area contributed by atoms with E-state index in [2.05, 4.69) is 20.6 Å². The molecule has 5 heteroatoms. The molecule has 0 saturated carbocycles. The van der Waals surface area contributed by atoms with Gasteiger partial charge in [0.15, 0.2) is 0 Å². The van der Waals surface area contributed by atoms with E-state index in [1.807, 2.05) is 20.8 Å². The topological polar surface area (TPSA) is 66.9 Å². The minimum Gasteiger partial charge on any atom is -0.355 e. The third kappa shape index (κ3) is 4.91. The van der Waals surface area contributed by atoms with Crippen molar-refractivity contribution >= 4 is 5.91 Å². The summed E-state index contributed by atoms with van der Waals surface area (Å²) in [6.45, 7) is 7.03. The molecule has 1 heterocycles. The highest BCUT2D eigenvalue weighted by atomic mass is 16.2. The van der Waals surface area contributed by atoms with Crippen molar-refractivity contribution in [1.82, 2.24) is 20.6 Å². The Morgan fingerprint density at radius 2 is 2.18 bits per heavy atom. The van der Waals surface area contributed by atoms with E-state index in [0.717, 1.165) is 24.4 Å². The monoisotopic (exact) mass is 236 g/mol. The first-order valence-electron chi connectivity index (χ1n) is 5.92. The molecule has 0 aliphatic carbocycles. The third-order valence-corrected chi connectivity index (χ3v) is 2.37. The zero-order valence-corrected chi connectivity index (χ0v) is 10.7. The molecule has 1 atom stereocenters. The minimum absolute atomic E-state index is 0.0203. The predicted octanol–water partition coefficient (Wildman–Crippen LogP) is 0.789. The number of hydrogen-bond donors (Lipinski definition) is 2. The van der Waals surface area contributed by atoms with Gasteiger partial charge in [0.25, 0.3) is 0 Å². The van der Waals surface area contributed by atoms with Gasteiger partial charge in [-0.3, -0.25) is 14.8 Å². The summed E-state index contributed by atoms with van der Waals surface area (Å²) in [5.74, 6) is 0.0203. The van der Waals surface area contributed by atoms with Crippen molar-refractivity contribution < 1.29 is 4.79 Å². The number of carbonyl (C=O) groups excluding carboxylic acids is 1. The zero-order chi connectivity index (χ0) is 12.7. The fourth-order valence-corrected chi connectivity index (χ4v) is 1.26. The Labute approximate surface area is 102 Å². The van der Waals surface area contributed by atoms with E-state index in [1.165, 1.54) is 0 Å². The highest BCUT2D eigenvalue weighted by molar-refractivity contribution is 5.81. The van der Waals surface area contributed by atoms with Gasteiger partial charge in [-0.1, -0.05) is 6.92 Å². The molecule has 1 unspecified atom stereocenters. The maximum Gasteiger partial charge on any atom is 0.236 e. The fraction of sp³-hybridized carbons (Fsp3) is 0.583. The number of amides is 1. The fourth-order valence-electron chi connectivity index (χ4n) is 1.26. The Morgan fingerprint density at radius 1 is 1.41 bits per heavy atom. The van der Waals surface area contributed by atoms with Crippen LogP contribution in [0.15, 0.2) is 12.4 Å². The maximum absolute atomic E-state index is 11.6. The van der Waals surface area contributed by atoms with E-state index in [9.17, 15) is 4.79 Å². The van der Waals surface area contributed by atoms with Crippen LogP contribution in [0.2, 0.25) is 0 Å². The largest absolute Gasteiger partial charge is 0.355 e. The van der Waals surface area contributed by atoms with Gasteiger partial charge in [0.1, 0.15) is 0 Å². The number of carbonyl (C=O) groups is 1. The second-order valence-electron chi connectivity index (χ2n) is 4.04. The summed E-state index contributed by atoms with van der Waals surface area (Å²) in [4.78, 5) is 19.9. The lowest BCUT2D eigenvalue weighted by Crippen LogP contribution is -2.42. The van der Waals surface area contributed by atoms with Crippen LogP contribution < -0.4 is 10.6 Å². The molecule has 0 aliphatic heterocycles. The number of aromatic nitrogens is 2. The number of nitrogens with one attached hydrogen (secondary N) is 2. The van der Waals surface area contributed by atoms with E-state index in [0.29, 0.717) is 6.54 Å². The van der Waals surface area contributed by atoms with Crippen LogP contribution in [-0.4, -0.2) is 28.5 Å². The highest BCUT2D eigenvalue weighted by Gasteiger charge is 2.11. The average Bonchev–Trinajstić information content (AvgIpc) is 2.34. The highest BCUT2D eigenvalue weighted by Crippen LogP contribution is 1.94. The Hall–Kier alpha value is -1.49. The van der Waals surface area contributed by atoms with Crippen LogP contribution in [0, 0.1) is 6.92 Å². The van der Waals surface area contributed by atoms with Crippen LogP contribution in [0.1, 0.15) is 31.7 Å². The van der Waals surface area contributed by atoms with Gasteiger partial charge in [0.05, 0.1) is 17.4 Å². The molecule has 1 aromatic heterocycles. The Balaban J connectivity index is 2.34. The summed E-state index contributed by atoms with van der Waals surface area (Å²) in [6, 6.07) is -0.218. The van der Waals surface area contributed by atoms with Gasteiger partial charge in [0.2, 0.25) is 5.91 Å². The molecular formula is C12H20N4O. The maximum atomic E-state index is 11.6. The van der Waals surface area contributed by atoms with E-state index in [4.69, 9.17) is 0 Å². The standard InChI is InChI=1S/C12H20N4O/c1-4-5-13-12(17)10(3)15-8-11-7-14-9(2)6-16-11/h6-7,10,15H,4-5,8H2,1-3H3,(H,13,17). The second-order valence-corrected chi connectivity index (χ2v) is 4.04. The smallest absolute Gasteiger partial charge is 0.236 e. The second kappa shape index (κ2) is 6.96. The normalized spacial score (nSPS) is 12.2. The van der Waals surface area contributed by atoms with Crippen molar-refractivity contribution in [3.05, 3.63) is 23.8 Å². The quantitative estimate of drug-likeness (QED) is 0.766. The molecule has 17 heavy (non-hydrogen) atoms. The van der Waals surface area contributed by atoms with Crippen molar-refractivity contribution in [3.63, 3.8) is 0 Å². The van der Waals surface area contributed by atoms with Crippen LogP contribution >= 0.6 is 0 Å². The molecule has 0 aliphatic rings. The van der Waals surface area contributed by atoms with Gasteiger partial charge >= 0.3 is 0 Å². The molecule has 0 aromatic carbocycles. The van der Waals surface area contributed by atoms with Crippen molar-refractivity contribution in [2.24, 2.45) is 0 Å². The van der Waals surface area contributed by atoms with E-state index >= 15 is 0 Å². The first kappa shape index (κ1) is 13.6. The van der Waals surface area contributed by atoms with Gasteiger partial charge in [-0.25, -0.2) is 0 Å². The van der Waals surface area contributed by atoms with Gasteiger partial charge in [0, 0.05) is 25.5 Å². The summed E-state index contributed by atoms with van der Waals surface area (Å²) < 4.78 is 0. The predicted molar refractivity (Wildman–Crippen MR) is 66.4 cm³/mol. The first-order valence-corrected chi connectivity index (χ1v) is 5.92. The van der Waals surface area contributed by atoms with Crippen LogP contribution in [0.4, 0.5) is 0 Å². The summed E-state index contributed by atoms with van der Waals surface area (Å²) in [5.41, 5.74) is 1.73. The minimum atomic E-state index is -0.218. The SMILES string of the molecule is CCCNC(=O)C(C)NCc1cnc(C)cn1. The van der Waals surface area contributed by atoms with Crippen molar-refractivity contribution in [1.29, 1.82) is 0 Å². The van der Waals surface area contributed by atoms with Gasteiger partial charge in [-0.05, 0) is 20.3 Å². The molecule has 94 valence electrons. The van der Waals surface area contributed by atoms with E-state index in [-0.39, 0.29) is 11.9 Å². The lowest BCUT2D eigenvalue weighted by molar-refractivity contribution is -0.122. The molecule has 0 saturated heterocycles. The number of nitrogens with zero attached hydrogens (tertiary/aromatic N) is 2. The molecule has 0 bridgehead atoms. The van der Waals surface area contributed by atoms with Crippen LogP contribution in [0.5, 0.6) is 0 Å². The Bertz CT molecular complexity index is 350. The lowest BCUT2D eigenvalue weighted by atomic mass is 10.3. The third-order valence-electron chi connectivity index (χ3n) is 2.37. The number of hydrogen-bond acceptors (Lipinski definition) is 4.